The van der Waals surface area contributed by atoms with Crippen molar-refractivity contribution in [2.45, 2.75) is 19.4 Å². The van der Waals surface area contributed by atoms with Crippen LogP contribution in [0.2, 0.25) is 5.02 Å². The minimum absolute atomic E-state index is 0.334. The highest BCUT2D eigenvalue weighted by molar-refractivity contribution is 6.31. The van der Waals surface area contributed by atoms with Gasteiger partial charge in [-0.3, -0.25) is 0 Å². The van der Waals surface area contributed by atoms with Crippen LogP contribution in [0.5, 0.6) is 5.75 Å². The summed E-state index contributed by atoms with van der Waals surface area (Å²) in [5, 5.41) is 5.29. The molecule has 28 heavy (non-hydrogen) atoms. The third kappa shape index (κ3) is 3.68. The van der Waals surface area contributed by atoms with Crippen molar-refractivity contribution in [1.29, 1.82) is 0 Å². The van der Waals surface area contributed by atoms with E-state index in [0.29, 0.717) is 11.6 Å². The minimum Gasteiger partial charge on any atom is -0.493 e. The number of aryl methyl sites for hydroxylation is 1. The van der Waals surface area contributed by atoms with Gasteiger partial charge in [0.2, 0.25) is 0 Å². The largest absolute Gasteiger partial charge is 0.493 e. The molecular weight excluding hydrogens is 376 g/mol. The van der Waals surface area contributed by atoms with Crippen molar-refractivity contribution in [3.63, 3.8) is 0 Å². The summed E-state index contributed by atoms with van der Waals surface area (Å²) < 4.78 is 7.49. The molecule has 6 nitrogen and oxygen atoms in total. The zero-order valence-electron chi connectivity index (χ0n) is 15.6. The molecular formula is C21H21ClN4O2. The van der Waals surface area contributed by atoms with Gasteiger partial charge in [0.15, 0.2) is 0 Å². The number of urea groups is 1. The van der Waals surface area contributed by atoms with Gasteiger partial charge in [-0.05, 0) is 66.4 Å². The van der Waals surface area contributed by atoms with Gasteiger partial charge < -0.3 is 15.4 Å². The van der Waals surface area contributed by atoms with Gasteiger partial charge in [0.1, 0.15) is 5.75 Å². The fourth-order valence-corrected chi connectivity index (χ4v) is 3.48. The van der Waals surface area contributed by atoms with E-state index in [1.54, 1.807) is 17.8 Å². The Morgan fingerprint density at radius 3 is 2.96 bits per heavy atom. The van der Waals surface area contributed by atoms with Crippen LogP contribution in [-0.4, -0.2) is 34.4 Å². The lowest BCUT2D eigenvalue weighted by atomic mass is 10.0. The van der Waals surface area contributed by atoms with Crippen molar-refractivity contribution in [3.8, 4) is 22.7 Å². The standard InChI is InChI=1S/C21H21ClN4O2/c1-25(21(23)27)13-16-12-17(5-6-18(16)22)26-9-8-19(24-26)14-4-7-20-15(11-14)3-2-10-28-20/h4-9,11-12H,2-3,10,13H2,1H3,(H2,23,27). The highest BCUT2D eigenvalue weighted by Crippen LogP contribution is 2.30. The molecule has 0 saturated carbocycles. The second-order valence-electron chi connectivity index (χ2n) is 6.89. The summed E-state index contributed by atoms with van der Waals surface area (Å²) in [5.74, 6) is 0.968. The summed E-state index contributed by atoms with van der Waals surface area (Å²) in [6.45, 7) is 1.12. The molecule has 2 heterocycles. The molecule has 7 heteroatoms. The van der Waals surface area contributed by atoms with Gasteiger partial charge in [-0.15, -0.1) is 0 Å². The van der Waals surface area contributed by atoms with E-state index < -0.39 is 6.03 Å². The maximum Gasteiger partial charge on any atom is 0.314 e. The number of halogens is 1. The summed E-state index contributed by atoms with van der Waals surface area (Å²) in [6.07, 6.45) is 3.98. The van der Waals surface area contributed by atoms with E-state index >= 15 is 0 Å². The molecule has 1 aromatic heterocycles. The van der Waals surface area contributed by atoms with E-state index in [9.17, 15) is 4.79 Å². The molecule has 4 rings (SSSR count). The van der Waals surface area contributed by atoms with Crippen molar-refractivity contribution >= 4 is 17.6 Å². The molecule has 0 radical (unpaired) electrons. The average Bonchev–Trinajstić information content (AvgIpc) is 3.19. The average molecular weight is 397 g/mol. The van der Waals surface area contributed by atoms with Crippen LogP contribution < -0.4 is 10.5 Å². The van der Waals surface area contributed by atoms with Crippen LogP contribution in [0, 0.1) is 0 Å². The Morgan fingerprint density at radius 1 is 1.29 bits per heavy atom. The van der Waals surface area contributed by atoms with Gasteiger partial charge in [-0.2, -0.15) is 5.10 Å². The smallest absolute Gasteiger partial charge is 0.314 e. The number of amides is 2. The number of carbonyl (C=O) groups excluding carboxylic acids is 1. The predicted octanol–water partition coefficient (Wildman–Crippen LogP) is 4.03. The summed E-state index contributed by atoms with van der Waals surface area (Å²) in [7, 11) is 1.64. The number of fused-ring (bicyclic) bond motifs is 1. The molecule has 0 atom stereocenters. The monoisotopic (exact) mass is 396 g/mol. The number of hydrogen-bond acceptors (Lipinski definition) is 3. The number of hydrogen-bond donors (Lipinski definition) is 1. The number of carbonyl (C=O) groups is 1. The molecule has 2 amide bonds. The Labute approximate surface area is 168 Å². The van der Waals surface area contributed by atoms with Crippen molar-refractivity contribution in [2.24, 2.45) is 5.73 Å². The maximum atomic E-state index is 11.3. The SMILES string of the molecule is CN(Cc1cc(-n2ccc(-c3ccc4c(c3)CCCO4)n2)ccc1Cl)C(N)=O. The highest BCUT2D eigenvalue weighted by atomic mass is 35.5. The van der Waals surface area contributed by atoms with Crippen LogP contribution in [0.1, 0.15) is 17.5 Å². The Bertz CT molecular complexity index is 1030. The Balaban J connectivity index is 1.62. The maximum absolute atomic E-state index is 11.3. The first-order valence-corrected chi connectivity index (χ1v) is 9.50. The normalized spacial score (nSPS) is 12.9. The lowest BCUT2D eigenvalue weighted by Crippen LogP contribution is -2.31. The van der Waals surface area contributed by atoms with Gasteiger partial charge in [0, 0.05) is 30.4 Å². The summed E-state index contributed by atoms with van der Waals surface area (Å²) in [6, 6.07) is 13.3. The first kappa shape index (κ1) is 18.4. The van der Waals surface area contributed by atoms with E-state index in [1.807, 2.05) is 36.5 Å². The molecule has 0 bridgehead atoms. The first-order chi connectivity index (χ1) is 13.5. The molecule has 0 saturated heterocycles. The van der Waals surface area contributed by atoms with Gasteiger partial charge in [-0.1, -0.05) is 11.6 Å². The molecule has 0 unspecified atom stereocenters. The molecule has 0 fully saturated rings. The van der Waals surface area contributed by atoms with Crippen molar-refractivity contribution in [3.05, 3.63) is 64.8 Å². The lowest BCUT2D eigenvalue weighted by molar-refractivity contribution is 0.216. The molecule has 0 spiro atoms. The van der Waals surface area contributed by atoms with Gasteiger partial charge in [0.25, 0.3) is 0 Å². The van der Waals surface area contributed by atoms with Crippen molar-refractivity contribution in [1.82, 2.24) is 14.7 Å². The fraction of sp³-hybridized carbons (Fsp3) is 0.238. The topological polar surface area (TPSA) is 73.4 Å². The van der Waals surface area contributed by atoms with Crippen molar-refractivity contribution in [2.75, 3.05) is 13.7 Å². The number of ether oxygens (including phenoxy) is 1. The molecule has 2 N–H and O–H groups in total. The molecule has 1 aliphatic rings. The van der Waals surface area contributed by atoms with Crippen LogP contribution in [0.15, 0.2) is 48.7 Å². The summed E-state index contributed by atoms with van der Waals surface area (Å²) in [5.41, 5.74) is 10.2. The second-order valence-corrected chi connectivity index (χ2v) is 7.30. The van der Waals surface area contributed by atoms with Crippen LogP contribution in [0.25, 0.3) is 16.9 Å². The second kappa shape index (κ2) is 7.56. The third-order valence-corrected chi connectivity index (χ3v) is 5.24. The number of nitrogens with zero attached hydrogens (tertiary/aromatic N) is 3. The Morgan fingerprint density at radius 2 is 2.14 bits per heavy atom. The van der Waals surface area contributed by atoms with Gasteiger partial charge in [-0.25, -0.2) is 9.48 Å². The Kier molecular flexibility index (Phi) is 4.96. The van der Waals surface area contributed by atoms with Crippen molar-refractivity contribution < 1.29 is 9.53 Å². The van der Waals surface area contributed by atoms with E-state index in [0.717, 1.165) is 47.7 Å². The quantitative estimate of drug-likeness (QED) is 0.723. The van der Waals surface area contributed by atoms with Crippen LogP contribution in [0.3, 0.4) is 0 Å². The van der Waals surface area contributed by atoms with Crippen LogP contribution in [0.4, 0.5) is 4.79 Å². The van der Waals surface area contributed by atoms with E-state index in [2.05, 4.69) is 6.07 Å². The van der Waals surface area contributed by atoms with Crippen LogP contribution >= 0.6 is 11.6 Å². The summed E-state index contributed by atoms with van der Waals surface area (Å²) >= 11 is 6.28. The number of nitrogens with two attached hydrogens (primary N) is 1. The van der Waals surface area contributed by atoms with E-state index in [4.69, 9.17) is 27.2 Å². The van der Waals surface area contributed by atoms with E-state index in [-0.39, 0.29) is 0 Å². The fourth-order valence-electron chi connectivity index (χ4n) is 3.30. The molecule has 1 aliphatic heterocycles. The molecule has 2 aromatic carbocycles. The number of primary amides is 1. The predicted molar refractivity (Wildman–Crippen MR) is 109 cm³/mol. The minimum atomic E-state index is -0.501. The molecule has 3 aromatic rings. The third-order valence-electron chi connectivity index (χ3n) is 4.87. The lowest BCUT2D eigenvalue weighted by Gasteiger charge is -2.17. The number of aromatic nitrogens is 2. The van der Waals surface area contributed by atoms with Gasteiger partial charge >= 0.3 is 6.03 Å². The zero-order valence-corrected chi connectivity index (χ0v) is 16.3. The van der Waals surface area contributed by atoms with Gasteiger partial charge in [0.05, 0.1) is 18.0 Å². The highest BCUT2D eigenvalue weighted by Gasteiger charge is 2.13. The summed E-state index contributed by atoms with van der Waals surface area (Å²) in [4.78, 5) is 12.7. The molecule has 144 valence electrons. The van der Waals surface area contributed by atoms with E-state index in [1.165, 1.54) is 10.5 Å². The van der Waals surface area contributed by atoms with Crippen LogP contribution in [-0.2, 0) is 13.0 Å². The zero-order chi connectivity index (χ0) is 19.7. The number of benzene rings is 2. The Hall–Kier alpha value is -2.99. The number of rotatable bonds is 4. The first-order valence-electron chi connectivity index (χ1n) is 9.12. The molecule has 0 aliphatic carbocycles.